The van der Waals surface area contributed by atoms with Crippen molar-refractivity contribution in [3.8, 4) is 5.88 Å². The summed E-state index contributed by atoms with van der Waals surface area (Å²) in [5.74, 6) is 1.91. The molecule has 0 saturated carbocycles. The van der Waals surface area contributed by atoms with Gasteiger partial charge in [-0.05, 0) is 28.8 Å². The fourth-order valence-corrected chi connectivity index (χ4v) is 3.14. The molecule has 158 valence electrons. The van der Waals surface area contributed by atoms with Crippen LogP contribution in [0.2, 0.25) is 0 Å². The highest BCUT2D eigenvalue weighted by atomic mass is 127. The molecule has 28 heavy (non-hydrogen) atoms. The van der Waals surface area contributed by atoms with E-state index in [4.69, 9.17) is 4.74 Å². The summed E-state index contributed by atoms with van der Waals surface area (Å²) in [5.41, 5.74) is 0. The van der Waals surface area contributed by atoms with Gasteiger partial charge in [-0.15, -0.1) is 24.0 Å². The van der Waals surface area contributed by atoms with Gasteiger partial charge in [0.1, 0.15) is 0 Å². The van der Waals surface area contributed by atoms with Crippen molar-refractivity contribution in [2.75, 3.05) is 58.9 Å². The number of methoxy groups -OCH3 is 2. The summed E-state index contributed by atoms with van der Waals surface area (Å²) in [4.78, 5) is 28.6. The molecular weight excluding hydrogens is 543 g/mol. The number of esters is 1. The van der Waals surface area contributed by atoms with Gasteiger partial charge < -0.3 is 24.6 Å². The molecule has 0 aromatic carbocycles. The van der Waals surface area contributed by atoms with E-state index in [9.17, 15) is 4.79 Å². The van der Waals surface area contributed by atoms with Gasteiger partial charge in [0.05, 0.1) is 24.9 Å². The number of nitrogens with zero attached hydrogens (tertiary/aromatic N) is 5. The predicted molar refractivity (Wildman–Crippen MR) is 123 cm³/mol. The number of piperazine rings is 1. The normalized spacial score (nSPS) is 14.4. The van der Waals surface area contributed by atoms with Crippen LogP contribution in [0.25, 0.3) is 0 Å². The molecule has 1 aliphatic heterocycles. The first kappa shape index (κ1) is 24.7. The number of halogens is 2. The third-order valence-corrected chi connectivity index (χ3v) is 4.83. The monoisotopic (exact) mass is 570 g/mol. The van der Waals surface area contributed by atoms with E-state index in [-0.39, 0.29) is 29.9 Å². The predicted octanol–water partition coefficient (Wildman–Crippen LogP) is 1.91. The maximum atomic E-state index is 11.1. The lowest BCUT2D eigenvalue weighted by Crippen LogP contribution is -2.53. The summed E-state index contributed by atoms with van der Waals surface area (Å²) < 4.78 is 10.6. The molecule has 0 radical (unpaired) electrons. The molecule has 1 N–H and O–H groups in total. The molecule has 0 atom stereocenters. The molecule has 1 aliphatic rings. The Morgan fingerprint density at radius 1 is 1.29 bits per heavy atom. The minimum absolute atomic E-state index is 0. The smallest absolute Gasteiger partial charge is 0.305 e. The van der Waals surface area contributed by atoms with E-state index >= 15 is 0 Å². The minimum Gasteiger partial charge on any atom is -0.480 e. The Bertz CT molecular complexity index is 656. The number of carbonyl (C=O) groups is 1. The summed E-state index contributed by atoms with van der Waals surface area (Å²) in [5, 5.41) is 3.36. The lowest BCUT2D eigenvalue weighted by molar-refractivity contribution is -0.140. The second-order valence-corrected chi connectivity index (χ2v) is 6.86. The average Bonchev–Trinajstić information content (AvgIpc) is 2.71. The molecule has 2 rings (SSSR count). The molecule has 9 nitrogen and oxygen atoms in total. The molecule has 1 aromatic rings. The largest absolute Gasteiger partial charge is 0.480 e. The zero-order valence-corrected chi connectivity index (χ0v) is 20.4. The SMILES string of the molecule is CN=C(NCCCCC(=O)OC)N1CCN(c2ncc(Br)c(OC)n2)CC1.I. The summed E-state index contributed by atoms with van der Waals surface area (Å²) in [7, 11) is 4.79. The quantitative estimate of drug-likeness (QED) is 0.175. The van der Waals surface area contributed by atoms with Crippen LogP contribution in [0.1, 0.15) is 19.3 Å². The van der Waals surface area contributed by atoms with Crippen molar-refractivity contribution in [2.24, 2.45) is 4.99 Å². The van der Waals surface area contributed by atoms with Crippen LogP contribution in [0.4, 0.5) is 5.95 Å². The standard InChI is InChI=1S/C17H27BrN6O3.HI/c1-19-16(20-7-5-4-6-14(25)26-2)23-8-10-24(11-9-23)17-21-12-13(18)15(22-17)27-3;/h12H,4-11H2,1-3H3,(H,19,20);1H. The summed E-state index contributed by atoms with van der Waals surface area (Å²) >= 11 is 3.37. The number of rotatable bonds is 7. The van der Waals surface area contributed by atoms with Gasteiger partial charge in [-0.25, -0.2) is 4.98 Å². The van der Waals surface area contributed by atoms with Crippen LogP contribution >= 0.6 is 39.9 Å². The molecular formula is C17H28BrIN6O3. The van der Waals surface area contributed by atoms with Crippen LogP contribution in [0.3, 0.4) is 0 Å². The lowest BCUT2D eigenvalue weighted by Gasteiger charge is -2.36. The van der Waals surface area contributed by atoms with Crippen molar-refractivity contribution in [2.45, 2.75) is 19.3 Å². The maximum absolute atomic E-state index is 11.1. The molecule has 1 fully saturated rings. The van der Waals surface area contributed by atoms with Crippen LogP contribution in [0.15, 0.2) is 15.7 Å². The van der Waals surface area contributed by atoms with Gasteiger partial charge in [-0.3, -0.25) is 9.79 Å². The second kappa shape index (κ2) is 13.0. The Hall–Kier alpha value is -1.37. The molecule has 1 saturated heterocycles. The van der Waals surface area contributed by atoms with Crippen LogP contribution in [0.5, 0.6) is 5.88 Å². The van der Waals surface area contributed by atoms with E-state index in [2.05, 4.69) is 50.7 Å². The molecule has 0 bridgehead atoms. The number of guanidine groups is 1. The summed E-state index contributed by atoms with van der Waals surface area (Å²) in [6, 6.07) is 0. The number of aliphatic imine (C=N–C) groups is 1. The molecule has 0 amide bonds. The first-order valence-electron chi connectivity index (χ1n) is 8.93. The van der Waals surface area contributed by atoms with Gasteiger partial charge in [-0.1, -0.05) is 0 Å². The fraction of sp³-hybridized carbons (Fsp3) is 0.647. The van der Waals surface area contributed by atoms with Crippen LogP contribution in [-0.2, 0) is 9.53 Å². The maximum Gasteiger partial charge on any atom is 0.305 e. The zero-order valence-electron chi connectivity index (χ0n) is 16.5. The number of aromatic nitrogens is 2. The highest BCUT2D eigenvalue weighted by Crippen LogP contribution is 2.23. The van der Waals surface area contributed by atoms with E-state index in [1.54, 1.807) is 20.4 Å². The van der Waals surface area contributed by atoms with E-state index in [0.717, 1.165) is 56.0 Å². The van der Waals surface area contributed by atoms with Crippen molar-refractivity contribution in [1.82, 2.24) is 20.2 Å². The number of nitrogens with one attached hydrogen (secondary N) is 1. The number of unbranched alkanes of at least 4 members (excludes halogenated alkanes) is 1. The number of hydrogen-bond acceptors (Lipinski definition) is 7. The van der Waals surface area contributed by atoms with Crippen LogP contribution < -0.4 is 15.0 Å². The third kappa shape index (κ3) is 7.22. The van der Waals surface area contributed by atoms with Crippen LogP contribution in [0, 0.1) is 0 Å². The van der Waals surface area contributed by atoms with Crippen LogP contribution in [-0.4, -0.2) is 80.8 Å². The van der Waals surface area contributed by atoms with Crippen molar-refractivity contribution < 1.29 is 14.3 Å². The van der Waals surface area contributed by atoms with Gasteiger partial charge in [-0.2, -0.15) is 4.98 Å². The third-order valence-electron chi connectivity index (χ3n) is 4.28. The lowest BCUT2D eigenvalue weighted by atomic mass is 10.2. The van der Waals surface area contributed by atoms with Gasteiger partial charge >= 0.3 is 5.97 Å². The van der Waals surface area contributed by atoms with E-state index in [0.29, 0.717) is 18.2 Å². The fourth-order valence-electron chi connectivity index (χ4n) is 2.79. The first-order chi connectivity index (χ1) is 13.1. The van der Waals surface area contributed by atoms with Gasteiger partial charge in [0.2, 0.25) is 11.8 Å². The topological polar surface area (TPSA) is 92.2 Å². The molecule has 1 aromatic heterocycles. The highest BCUT2D eigenvalue weighted by Gasteiger charge is 2.22. The summed E-state index contributed by atoms with van der Waals surface area (Å²) in [6.07, 6.45) is 3.85. The summed E-state index contributed by atoms with van der Waals surface area (Å²) in [6.45, 7) is 4.02. The molecule has 11 heteroatoms. The number of ether oxygens (including phenoxy) is 2. The average molecular weight is 571 g/mol. The zero-order chi connectivity index (χ0) is 19.6. The molecule has 0 spiro atoms. The highest BCUT2D eigenvalue weighted by molar-refractivity contribution is 14.0. The number of hydrogen-bond donors (Lipinski definition) is 1. The Balaban J connectivity index is 0.00000392. The molecule has 0 unspecified atom stereocenters. The molecule has 0 aliphatic carbocycles. The Morgan fingerprint density at radius 3 is 2.61 bits per heavy atom. The Kier molecular flexibility index (Phi) is 11.4. The number of anilines is 1. The van der Waals surface area contributed by atoms with E-state index in [1.165, 1.54) is 7.11 Å². The van der Waals surface area contributed by atoms with Crippen molar-refractivity contribution in [3.63, 3.8) is 0 Å². The number of carbonyl (C=O) groups excluding carboxylic acids is 1. The van der Waals surface area contributed by atoms with Crippen molar-refractivity contribution in [3.05, 3.63) is 10.7 Å². The van der Waals surface area contributed by atoms with E-state index in [1.807, 2.05) is 0 Å². The van der Waals surface area contributed by atoms with Gasteiger partial charge in [0, 0.05) is 46.2 Å². The Labute approximate surface area is 191 Å². The van der Waals surface area contributed by atoms with E-state index < -0.39 is 0 Å². The molecule has 2 heterocycles. The Morgan fingerprint density at radius 2 is 2.00 bits per heavy atom. The van der Waals surface area contributed by atoms with Gasteiger partial charge in [0.15, 0.2) is 5.96 Å². The van der Waals surface area contributed by atoms with Gasteiger partial charge in [0.25, 0.3) is 0 Å². The van der Waals surface area contributed by atoms with Crippen molar-refractivity contribution in [1.29, 1.82) is 0 Å². The first-order valence-corrected chi connectivity index (χ1v) is 9.72. The minimum atomic E-state index is -0.165. The van der Waals surface area contributed by atoms with Crippen molar-refractivity contribution >= 4 is 57.8 Å². The second-order valence-electron chi connectivity index (χ2n) is 6.01.